The molecule has 1 saturated heterocycles. The van der Waals surface area contributed by atoms with Crippen molar-refractivity contribution in [2.45, 2.75) is 24.9 Å². The minimum atomic E-state index is -0.894. The van der Waals surface area contributed by atoms with Crippen molar-refractivity contribution in [3.8, 4) is 11.5 Å². The molecule has 34 heavy (non-hydrogen) atoms. The maximum Gasteiger partial charge on any atom is 0.254 e. The standard InChI is InChI=1S/C26H28N4O4/c1-27-25(32)26(23-9-4-6-14-29-23)12-7-15-30(18-26)24(31)19-10-11-21(33-2)22(16-19)34-17-20-8-3-5-13-28-20/h3-6,8-11,13-14,16H,7,12,15,17-18H2,1-2H3,(H,27,32). The van der Waals surface area contributed by atoms with Crippen LogP contribution in [0.3, 0.4) is 0 Å². The number of carbonyl (C=O) groups is 2. The van der Waals surface area contributed by atoms with Gasteiger partial charge in [0.05, 0.1) is 18.5 Å². The van der Waals surface area contributed by atoms with Crippen molar-refractivity contribution in [2.75, 3.05) is 27.2 Å². The third kappa shape index (κ3) is 4.71. The number of carbonyl (C=O) groups excluding carboxylic acids is 2. The van der Waals surface area contributed by atoms with Crippen LogP contribution in [-0.2, 0) is 16.8 Å². The summed E-state index contributed by atoms with van der Waals surface area (Å²) in [6.45, 7) is 1.05. The van der Waals surface area contributed by atoms with Crippen molar-refractivity contribution in [2.24, 2.45) is 0 Å². The molecule has 1 fully saturated rings. The molecule has 1 atom stereocenters. The number of likely N-dealkylation sites (N-methyl/N-ethyl adjacent to an activating group) is 1. The van der Waals surface area contributed by atoms with Crippen molar-refractivity contribution in [1.82, 2.24) is 20.2 Å². The highest BCUT2D eigenvalue weighted by Crippen LogP contribution is 2.35. The highest BCUT2D eigenvalue weighted by molar-refractivity contribution is 5.96. The Hall–Kier alpha value is -3.94. The number of nitrogens with one attached hydrogen (secondary N) is 1. The van der Waals surface area contributed by atoms with Crippen LogP contribution in [0.2, 0.25) is 0 Å². The number of piperidine rings is 1. The van der Waals surface area contributed by atoms with Crippen LogP contribution in [0.5, 0.6) is 11.5 Å². The van der Waals surface area contributed by atoms with E-state index in [0.717, 1.165) is 5.69 Å². The zero-order chi connectivity index (χ0) is 24.0. The van der Waals surface area contributed by atoms with E-state index in [1.165, 1.54) is 0 Å². The minimum absolute atomic E-state index is 0.141. The van der Waals surface area contributed by atoms with E-state index in [4.69, 9.17) is 9.47 Å². The van der Waals surface area contributed by atoms with Gasteiger partial charge in [-0.15, -0.1) is 0 Å². The number of benzene rings is 1. The van der Waals surface area contributed by atoms with Crippen LogP contribution < -0.4 is 14.8 Å². The van der Waals surface area contributed by atoms with E-state index in [9.17, 15) is 9.59 Å². The number of hydrogen-bond acceptors (Lipinski definition) is 6. The van der Waals surface area contributed by atoms with Crippen molar-refractivity contribution >= 4 is 11.8 Å². The Balaban J connectivity index is 1.58. The predicted molar refractivity (Wildman–Crippen MR) is 127 cm³/mol. The summed E-state index contributed by atoms with van der Waals surface area (Å²) < 4.78 is 11.3. The second-order valence-electron chi connectivity index (χ2n) is 8.18. The molecule has 0 spiro atoms. The summed E-state index contributed by atoms with van der Waals surface area (Å²) >= 11 is 0. The third-order valence-electron chi connectivity index (χ3n) is 6.11. The van der Waals surface area contributed by atoms with E-state index in [2.05, 4.69) is 15.3 Å². The first-order valence-electron chi connectivity index (χ1n) is 11.2. The lowest BCUT2D eigenvalue weighted by Crippen LogP contribution is -2.56. The van der Waals surface area contributed by atoms with E-state index in [1.54, 1.807) is 49.7 Å². The molecule has 8 heteroatoms. The largest absolute Gasteiger partial charge is 0.493 e. The molecule has 2 amide bonds. The van der Waals surface area contributed by atoms with Gasteiger partial charge in [0.25, 0.3) is 5.91 Å². The number of rotatable bonds is 7. The fourth-order valence-electron chi connectivity index (χ4n) is 4.37. The lowest BCUT2D eigenvalue weighted by molar-refractivity contribution is -0.128. The summed E-state index contributed by atoms with van der Waals surface area (Å²) in [6.07, 6.45) is 4.69. The molecule has 4 rings (SSSR count). The van der Waals surface area contributed by atoms with Gasteiger partial charge < -0.3 is 19.7 Å². The first-order chi connectivity index (χ1) is 16.6. The van der Waals surface area contributed by atoms with Gasteiger partial charge in [0, 0.05) is 38.1 Å². The first-order valence-corrected chi connectivity index (χ1v) is 11.2. The number of methoxy groups -OCH3 is 1. The van der Waals surface area contributed by atoms with E-state index in [-0.39, 0.29) is 25.0 Å². The summed E-state index contributed by atoms with van der Waals surface area (Å²) in [6, 6.07) is 16.2. The molecular formula is C26H28N4O4. The van der Waals surface area contributed by atoms with Crippen LogP contribution in [0.1, 0.15) is 34.6 Å². The van der Waals surface area contributed by atoms with E-state index < -0.39 is 5.41 Å². The summed E-state index contributed by atoms with van der Waals surface area (Å²) in [7, 11) is 3.17. The quantitative estimate of drug-likeness (QED) is 0.583. The molecule has 8 nitrogen and oxygen atoms in total. The molecular weight excluding hydrogens is 432 g/mol. The van der Waals surface area contributed by atoms with Gasteiger partial charge in [0.2, 0.25) is 5.91 Å². The van der Waals surface area contributed by atoms with Gasteiger partial charge in [0.15, 0.2) is 11.5 Å². The summed E-state index contributed by atoms with van der Waals surface area (Å²) in [5.74, 6) is 0.671. The van der Waals surface area contributed by atoms with Crippen LogP contribution in [0.25, 0.3) is 0 Å². The minimum Gasteiger partial charge on any atom is -0.493 e. The molecule has 1 unspecified atom stereocenters. The molecule has 176 valence electrons. The number of likely N-dealkylation sites (tertiary alicyclic amines) is 1. The van der Waals surface area contributed by atoms with E-state index in [1.807, 2.05) is 36.4 Å². The van der Waals surface area contributed by atoms with Gasteiger partial charge in [-0.3, -0.25) is 19.6 Å². The van der Waals surface area contributed by atoms with Gasteiger partial charge in [0.1, 0.15) is 12.0 Å². The van der Waals surface area contributed by atoms with Crippen molar-refractivity contribution in [3.63, 3.8) is 0 Å². The molecule has 1 aliphatic heterocycles. The first kappa shape index (κ1) is 23.2. The predicted octanol–water partition coefficient (Wildman–Crippen LogP) is 2.98. The summed E-state index contributed by atoms with van der Waals surface area (Å²) in [4.78, 5) is 37.0. The van der Waals surface area contributed by atoms with Crippen LogP contribution in [0.4, 0.5) is 0 Å². The highest BCUT2D eigenvalue weighted by atomic mass is 16.5. The average Bonchev–Trinajstić information content (AvgIpc) is 2.91. The van der Waals surface area contributed by atoms with Gasteiger partial charge in [-0.1, -0.05) is 12.1 Å². The topological polar surface area (TPSA) is 93.7 Å². The second kappa shape index (κ2) is 10.3. The zero-order valence-corrected chi connectivity index (χ0v) is 19.4. The molecule has 0 radical (unpaired) electrons. The zero-order valence-electron chi connectivity index (χ0n) is 19.4. The number of aromatic nitrogens is 2. The number of ether oxygens (including phenoxy) is 2. The Labute approximate surface area is 198 Å². The Bertz CT molecular complexity index is 1140. The Morgan fingerprint density at radius 2 is 1.85 bits per heavy atom. The van der Waals surface area contributed by atoms with Gasteiger partial charge in [-0.2, -0.15) is 0 Å². The van der Waals surface area contributed by atoms with Crippen LogP contribution in [0, 0.1) is 0 Å². The fraction of sp³-hybridized carbons (Fsp3) is 0.308. The highest BCUT2D eigenvalue weighted by Gasteiger charge is 2.45. The summed E-state index contributed by atoms with van der Waals surface area (Å²) in [5.41, 5.74) is 1.00. The van der Waals surface area contributed by atoms with Crippen LogP contribution in [0.15, 0.2) is 67.0 Å². The molecule has 1 aromatic carbocycles. The lowest BCUT2D eigenvalue weighted by atomic mass is 9.75. The van der Waals surface area contributed by atoms with E-state index >= 15 is 0 Å². The number of nitrogens with zero attached hydrogens (tertiary/aromatic N) is 3. The van der Waals surface area contributed by atoms with Crippen LogP contribution >= 0.6 is 0 Å². The van der Waals surface area contributed by atoms with Gasteiger partial charge in [-0.25, -0.2) is 0 Å². The molecule has 3 aromatic rings. The number of amides is 2. The molecule has 1 aliphatic rings. The smallest absolute Gasteiger partial charge is 0.254 e. The second-order valence-corrected chi connectivity index (χ2v) is 8.18. The fourth-order valence-corrected chi connectivity index (χ4v) is 4.37. The maximum absolute atomic E-state index is 13.5. The maximum atomic E-state index is 13.5. The van der Waals surface area contributed by atoms with Crippen LogP contribution in [-0.4, -0.2) is 53.9 Å². The van der Waals surface area contributed by atoms with E-state index in [0.29, 0.717) is 42.1 Å². The number of pyridine rings is 2. The Morgan fingerprint density at radius 1 is 1.06 bits per heavy atom. The van der Waals surface area contributed by atoms with Crippen molar-refractivity contribution in [3.05, 3.63) is 83.9 Å². The SMILES string of the molecule is CNC(=O)C1(c2ccccn2)CCCN(C(=O)c2ccc(OC)c(OCc3ccccn3)c2)C1. The van der Waals surface area contributed by atoms with Crippen molar-refractivity contribution in [1.29, 1.82) is 0 Å². The molecule has 0 bridgehead atoms. The molecule has 2 aromatic heterocycles. The molecule has 1 N–H and O–H groups in total. The Morgan fingerprint density at radius 3 is 2.53 bits per heavy atom. The molecule has 0 aliphatic carbocycles. The normalized spacial score (nSPS) is 17.6. The molecule has 3 heterocycles. The lowest BCUT2D eigenvalue weighted by Gasteiger charge is -2.41. The van der Waals surface area contributed by atoms with Gasteiger partial charge in [-0.05, 0) is 55.3 Å². The average molecular weight is 461 g/mol. The van der Waals surface area contributed by atoms with Crippen molar-refractivity contribution < 1.29 is 19.1 Å². The van der Waals surface area contributed by atoms with Gasteiger partial charge >= 0.3 is 0 Å². The monoisotopic (exact) mass is 460 g/mol. The third-order valence-corrected chi connectivity index (χ3v) is 6.11. The molecule has 0 saturated carbocycles. The number of hydrogen-bond donors (Lipinski definition) is 1. The Kier molecular flexibility index (Phi) is 7.06. The summed E-state index contributed by atoms with van der Waals surface area (Å²) in [5, 5.41) is 2.77.